The first-order valence-corrected chi connectivity index (χ1v) is 18.1. The number of imide groups is 1. The SMILES string of the molecule is C[C@@H](CO[Si](c1ccccc1)(c1ccccc1)C(C)(C)C)[C@H](O)[C@@H](OCc1ccccc1)C(=O)N1C(=O)OC[C@H]1Cc1ccccc1. The van der Waals surface area contributed by atoms with E-state index in [9.17, 15) is 14.7 Å². The molecule has 1 heterocycles. The lowest BCUT2D eigenvalue weighted by Gasteiger charge is -2.44. The molecule has 47 heavy (non-hydrogen) atoms. The lowest BCUT2D eigenvalue weighted by molar-refractivity contribution is -0.154. The van der Waals surface area contributed by atoms with E-state index in [2.05, 4.69) is 45.0 Å². The van der Waals surface area contributed by atoms with Crippen molar-refractivity contribution in [2.45, 2.75) is 64.0 Å². The van der Waals surface area contributed by atoms with Crippen LogP contribution >= 0.6 is 0 Å². The summed E-state index contributed by atoms with van der Waals surface area (Å²) in [4.78, 5) is 28.4. The molecule has 0 saturated carbocycles. The maximum absolute atomic E-state index is 14.2. The van der Waals surface area contributed by atoms with E-state index in [0.29, 0.717) is 6.42 Å². The first kappa shape index (κ1) is 34.3. The maximum Gasteiger partial charge on any atom is 0.417 e. The summed E-state index contributed by atoms with van der Waals surface area (Å²) in [6.07, 6.45) is -2.88. The van der Waals surface area contributed by atoms with Crippen LogP contribution < -0.4 is 10.4 Å². The fourth-order valence-electron chi connectivity index (χ4n) is 6.40. The molecular weight excluding hydrogens is 607 g/mol. The Morgan fingerprint density at radius 3 is 1.85 bits per heavy atom. The van der Waals surface area contributed by atoms with Crippen molar-refractivity contribution in [3.05, 3.63) is 132 Å². The van der Waals surface area contributed by atoms with Gasteiger partial charge >= 0.3 is 6.09 Å². The van der Waals surface area contributed by atoms with Crippen LogP contribution in [0.2, 0.25) is 5.04 Å². The van der Waals surface area contributed by atoms with Crippen LogP contribution in [-0.4, -0.2) is 61.8 Å². The molecule has 2 amide bonds. The van der Waals surface area contributed by atoms with E-state index in [1.54, 1.807) is 0 Å². The summed E-state index contributed by atoms with van der Waals surface area (Å²) < 4.78 is 18.7. The Morgan fingerprint density at radius 2 is 1.34 bits per heavy atom. The Morgan fingerprint density at radius 1 is 0.851 bits per heavy atom. The number of rotatable bonds is 13. The molecule has 5 rings (SSSR count). The topological polar surface area (TPSA) is 85.3 Å². The summed E-state index contributed by atoms with van der Waals surface area (Å²) in [6.45, 7) is 8.78. The van der Waals surface area contributed by atoms with E-state index < -0.39 is 44.5 Å². The number of cyclic esters (lactones) is 1. The van der Waals surface area contributed by atoms with E-state index in [1.807, 2.05) is 104 Å². The Labute approximate surface area is 279 Å². The number of aliphatic hydroxyl groups excluding tert-OH is 1. The minimum absolute atomic E-state index is 0.0769. The highest BCUT2D eigenvalue weighted by atomic mass is 28.4. The molecule has 7 nitrogen and oxygen atoms in total. The second kappa shape index (κ2) is 15.2. The number of nitrogens with zero attached hydrogens (tertiary/aromatic N) is 1. The molecule has 0 radical (unpaired) electrons. The van der Waals surface area contributed by atoms with Crippen LogP contribution in [0.15, 0.2) is 121 Å². The van der Waals surface area contributed by atoms with Gasteiger partial charge < -0.3 is 19.0 Å². The number of ether oxygens (including phenoxy) is 2. The van der Waals surface area contributed by atoms with Gasteiger partial charge in [0.2, 0.25) is 0 Å². The predicted molar refractivity (Wildman–Crippen MR) is 186 cm³/mol. The van der Waals surface area contributed by atoms with E-state index >= 15 is 0 Å². The van der Waals surface area contributed by atoms with Gasteiger partial charge in [-0.25, -0.2) is 9.69 Å². The highest BCUT2D eigenvalue weighted by Gasteiger charge is 2.51. The van der Waals surface area contributed by atoms with Crippen molar-refractivity contribution in [2.75, 3.05) is 13.2 Å². The minimum atomic E-state index is -2.90. The molecule has 1 aliphatic rings. The third kappa shape index (κ3) is 7.74. The van der Waals surface area contributed by atoms with Crippen molar-refractivity contribution in [1.29, 1.82) is 0 Å². The molecule has 1 fully saturated rings. The third-order valence-electron chi connectivity index (χ3n) is 8.90. The zero-order valence-electron chi connectivity index (χ0n) is 27.6. The summed E-state index contributed by atoms with van der Waals surface area (Å²) in [5, 5.41) is 13.9. The van der Waals surface area contributed by atoms with Gasteiger partial charge in [0, 0.05) is 12.5 Å². The number of carbonyl (C=O) groups is 2. The van der Waals surface area contributed by atoms with E-state index in [1.165, 1.54) is 0 Å². The minimum Gasteiger partial charge on any atom is -0.447 e. The molecule has 4 aromatic rings. The Kier molecular flexibility index (Phi) is 11.1. The molecule has 0 aliphatic carbocycles. The molecule has 1 aliphatic heterocycles. The normalized spacial score (nSPS) is 17.2. The fraction of sp³-hybridized carbons (Fsp3) is 0.333. The second-order valence-corrected chi connectivity index (χ2v) is 17.6. The Hall–Kier alpha value is -4.08. The van der Waals surface area contributed by atoms with Gasteiger partial charge in [-0.3, -0.25) is 4.79 Å². The molecule has 0 bridgehead atoms. The third-order valence-corrected chi connectivity index (χ3v) is 13.9. The number of hydrogen-bond acceptors (Lipinski definition) is 6. The van der Waals surface area contributed by atoms with Crippen molar-refractivity contribution in [3.8, 4) is 0 Å². The maximum atomic E-state index is 14.2. The first-order chi connectivity index (χ1) is 22.6. The van der Waals surface area contributed by atoms with Crippen LogP contribution in [0.5, 0.6) is 0 Å². The number of benzene rings is 4. The lowest BCUT2D eigenvalue weighted by Crippen LogP contribution is -2.67. The number of carbonyl (C=O) groups excluding carboxylic acids is 2. The van der Waals surface area contributed by atoms with E-state index in [0.717, 1.165) is 26.4 Å². The van der Waals surface area contributed by atoms with Crippen LogP contribution in [0.4, 0.5) is 4.79 Å². The molecule has 1 saturated heterocycles. The van der Waals surface area contributed by atoms with Crippen molar-refractivity contribution >= 4 is 30.7 Å². The summed E-state index contributed by atoms with van der Waals surface area (Å²) in [5.41, 5.74) is 1.82. The average Bonchev–Trinajstić information content (AvgIpc) is 3.45. The van der Waals surface area contributed by atoms with Crippen molar-refractivity contribution in [1.82, 2.24) is 4.90 Å². The standard InChI is InChI=1S/C39H45NO6Si/c1-29(26-46-47(39(2,3)4,33-21-13-7-14-22-33)34-23-15-8-16-24-34)35(41)36(44-27-31-19-11-6-12-20-31)37(42)40-32(28-45-38(40)43)25-30-17-9-5-10-18-30/h5-24,29,32,35-36,41H,25-28H2,1-4H3/t29-,32+,35-,36+/m0/s1. The summed E-state index contributed by atoms with van der Waals surface area (Å²) in [7, 11) is -2.90. The quantitative estimate of drug-likeness (QED) is 0.186. The average molecular weight is 652 g/mol. The van der Waals surface area contributed by atoms with Gasteiger partial charge in [-0.1, -0.05) is 149 Å². The van der Waals surface area contributed by atoms with Gasteiger partial charge in [-0.2, -0.15) is 0 Å². The highest BCUT2D eigenvalue weighted by molar-refractivity contribution is 6.99. The summed E-state index contributed by atoms with van der Waals surface area (Å²) in [5.74, 6) is -1.14. The van der Waals surface area contributed by atoms with Crippen LogP contribution in [-0.2, 0) is 31.7 Å². The van der Waals surface area contributed by atoms with Crippen molar-refractivity contribution < 1.29 is 28.6 Å². The summed E-state index contributed by atoms with van der Waals surface area (Å²) in [6, 6.07) is 39.2. The molecule has 4 aromatic carbocycles. The number of aliphatic hydroxyl groups is 1. The Bertz CT molecular complexity index is 1540. The van der Waals surface area contributed by atoms with Gasteiger partial charge in [0.1, 0.15) is 6.61 Å². The van der Waals surface area contributed by atoms with Crippen LogP contribution in [0.25, 0.3) is 0 Å². The molecular formula is C39H45NO6Si. The van der Waals surface area contributed by atoms with Gasteiger partial charge in [-0.05, 0) is 33.0 Å². The molecule has 4 atom stereocenters. The molecule has 1 N–H and O–H groups in total. The zero-order chi connectivity index (χ0) is 33.4. The lowest BCUT2D eigenvalue weighted by atomic mass is 9.98. The fourth-order valence-corrected chi connectivity index (χ4v) is 11.1. The van der Waals surface area contributed by atoms with Gasteiger partial charge in [0.15, 0.2) is 6.10 Å². The summed E-state index contributed by atoms with van der Waals surface area (Å²) >= 11 is 0. The van der Waals surface area contributed by atoms with Crippen molar-refractivity contribution in [3.63, 3.8) is 0 Å². The molecule has 8 heteroatoms. The molecule has 246 valence electrons. The Balaban J connectivity index is 1.43. The van der Waals surface area contributed by atoms with Gasteiger partial charge in [0.05, 0.1) is 18.8 Å². The first-order valence-electron chi connectivity index (χ1n) is 16.2. The second-order valence-electron chi connectivity index (χ2n) is 13.3. The van der Waals surface area contributed by atoms with Crippen LogP contribution in [0, 0.1) is 5.92 Å². The monoisotopic (exact) mass is 651 g/mol. The van der Waals surface area contributed by atoms with E-state index in [-0.39, 0.29) is 24.9 Å². The van der Waals surface area contributed by atoms with E-state index in [4.69, 9.17) is 13.9 Å². The predicted octanol–water partition coefficient (Wildman–Crippen LogP) is 5.74. The zero-order valence-corrected chi connectivity index (χ0v) is 28.6. The van der Waals surface area contributed by atoms with Crippen LogP contribution in [0.1, 0.15) is 38.8 Å². The smallest absolute Gasteiger partial charge is 0.417 e. The van der Waals surface area contributed by atoms with Crippen molar-refractivity contribution in [2.24, 2.45) is 5.92 Å². The van der Waals surface area contributed by atoms with Crippen LogP contribution in [0.3, 0.4) is 0 Å². The molecule has 0 aromatic heterocycles. The van der Waals surface area contributed by atoms with Gasteiger partial charge in [-0.15, -0.1) is 0 Å². The van der Waals surface area contributed by atoms with Gasteiger partial charge in [0.25, 0.3) is 14.2 Å². The number of amides is 2. The highest BCUT2D eigenvalue weighted by Crippen LogP contribution is 2.37. The number of hydrogen-bond donors (Lipinski definition) is 1. The molecule has 0 unspecified atom stereocenters. The largest absolute Gasteiger partial charge is 0.447 e. The molecule has 0 spiro atoms.